The molecule has 4 heteroatoms. The average Bonchev–Trinajstić information content (AvgIpc) is 2.67. The molecular formula is C11H13N3O. The first-order valence-corrected chi connectivity index (χ1v) is 4.77. The van der Waals surface area contributed by atoms with Gasteiger partial charge in [0.2, 0.25) is 0 Å². The summed E-state index contributed by atoms with van der Waals surface area (Å²) in [5.41, 5.74) is 8.21. The van der Waals surface area contributed by atoms with Gasteiger partial charge < -0.3 is 10.8 Å². The normalized spacial score (nSPS) is 12.7. The Bertz CT molecular complexity index is 462. The largest absolute Gasteiger partial charge is 0.507 e. The molecule has 0 radical (unpaired) electrons. The molecule has 0 aliphatic rings. The number of benzene rings is 1. The van der Waals surface area contributed by atoms with Gasteiger partial charge in [-0.1, -0.05) is 12.1 Å². The smallest absolute Gasteiger partial charge is 0.124 e. The molecular weight excluding hydrogens is 190 g/mol. The Morgan fingerprint density at radius 1 is 1.40 bits per heavy atom. The van der Waals surface area contributed by atoms with E-state index in [0.29, 0.717) is 0 Å². The first kappa shape index (κ1) is 9.73. The first-order valence-electron chi connectivity index (χ1n) is 4.77. The Labute approximate surface area is 87.7 Å². The van der Waals surface area contributed by atoms with Gasteiger partial charge in [0.05, 0.1) is 11.9 Å². The van der Waals surface area contributed by atoms with Crippen LogP contribution in [0.4, 0.5) is 0 Å². The van der Waals surface area contributed by atoms with Crippen LogP contribution >= 0.6 is 0 Å². The Morgan fingerprint density at radius 3 is 2.80 bits per heavy atom. The molecule has 4 N–H and O–H groups in total. The number of aromatic hydroxyl groups is 1. The minimum atomic E-state index is -0.113. The van der Waals surface area contributed by atoms with Gasteiger partial charge >= 0.3 is 0 Å². The lowest BCUT2D eigenvalue weighted by Crippen LogP contribution is -2.05. The number of hydrogen-bond donors (Lipinski definition) is 3. The molecule has 1 aromatic heterocycles. The van der Waals surface area contributed by atoms with Crippen molar-refractivity contribution in [1.29, 1.82) is 0 Å². The predicted octanol–water partition coefficient (Wildman–Crippen LogP) is 1.80. The predicted molar refractivity (Wildman–Crippen MR) is 58.3 cm³/mol. The second kappa shape index (κ2) is 3.74. The first-order chi connectivity index (χ1) is 7.20. The maximum absolute atomic E-state index is 9.70. The van der Waals surface area contributed by atoms with E-state index in [1.807, 2.05) is 19.1 Å². The Morgan fingerprint density at radius 2 is 2.13 bits per heavy atom. The minimum Gasteiger partial charge on any atom is -0.507 e. The van der Waals surface area contributed by atoms with E-state index in [1.165, 1.54) is 0 Å². The van der Waals surface area contributed by atoms with Crippen LogP contribution in [0, 0.1) is 0 Å². The number of rotatable bonds is 2. The number of H-pyrrole nitrogens is 1. The molecule has 78 valence electrons. The van der Waals surface area contributed by atoms with Crippen molar-refractivity contribution in [1.82, 2.24) is 10.2 Å². The number of hydrogen-bond acceptors (Lipinski definition) is 3. The van der Waals surface area contributed by atoms with Crippen LogP contribution in [0.5, 0.6) is 5.75 Å². The van der Waals surface area contributed by atoms with Crippen LogP contribution in [0.15, 0.2) is 30.5 Å². The van der Waals surface area contributed by atoms with Crippen molar-refractivity contribution in [3.63, 3.8) is 0 Å². The number of aromatic nitrogens is 2. The van der Waals surface area contributed by atoms with Crippen molar-refractivity contribution in [3.05, 3.63) is 36.0 Å². The number of para-hydroxylation sites is 1. The van der Waals surface area contributed by atoms with Crippen LogP contribution < -0.4 is 5.73 Å². The number of nitrogens with one attached hydrogen (secondary N) is 1. The van der Waals surface area contributed by atoms with E-state index in [2.05, 4.69) is 10.2 Å². The maximum Gasteiger partial charge on any atom is 0.124 e. The zero-order valence-corrected chi connectivity index (χ0v) is 8.44. The molecule has 0 fully saturated rings. The van der Waals surface area contributed by atoms with Gasteiger partial charge in [-0.3, -0.25) is 5.10 Å². The number of nitrogens with zero attached hydrogens (tertiary/aromatic N) is 1. The van der Waals surface area contributed by atoms with Crippen LogP contribution in [-0.2, 0) is 0 Å². The molecule has 1 unspecified atom stereocenters. The van der Waals surface area contributed by atoms with E-state index in [-0.39, 0.29) is 11.8 Å². The summed E-state index contributed by atoms with van der Waals surface area (Å²) < 4.78 is 0. The van der Waals surface area contributed by atoms with Crippen LogP contribution in [0.1, 0.15) is 18.5 Å². The third-order valence-electron chi connectivity index (χ3n) is 2.33. The molecule has 2 rings (SSSR count). The standard InChI is InChI=1S/C11H13N3O/c1-7(12)9-6-13-14-11(9)8-4-2-3-5-10(8)15/h2-7,15H,12H2,1H3,(H,13,14). The van der Waals surface area contributed by atoms with Gasteiger partial charge in [-0.25, -0.2) is 0 Å². The SMILES string of the molecule is CC(N)c1cn[nH]c1-c1ccccc1O. The third kappa shape index (κ3) is 1.71. The van der Waals surface area contributed by atoms with E-state index in [1.54, 1.807) is 18.3 Å². The zero-order valence-electron chi connectivity index (χ0n) is 8.44. The van der Waals surface area contributed by atoms with Crippen LogP contribution in [0.2, 0.25) is 0 Å². The topological polar surface area (TPSA) is 74.9 Å². The number of phenolic OH excluding ortho intramolecular Hbond substituents is 1. The van der Waals surface area contributed by atoms with Crippen molar-refractivity contribution in [3.8, 4) is 17.0 Å². The minimum absolute atomic E-state index is 0.113. The van der Waals surface area contributed by atoms with Gasteiger partial charge in [-0.15, -0.1) is 0 Å². The molecule has 15 heavy (non-hydrogen) atoms. The van der Waals surface area contributed by atoms with E-state index in [4.69, 9.17) is 5.73 Å². The van der Waals surface area contributed by atoms with E-state index in [9.17, 15) is 5.11 Å². The van der Waals surface area contributed by atoms with E-state index >= 15 is 0 Å². The molecule has 1 atom stereocenters. The van der Waals surface area contributed by atoms with Crippen LogP contribution in [-0.4, -0.2) is 15.3 Å². The van der Waals surface area contributed by atoms with Crippen LogP contribution in [0.3, 0.4) is 0 Å². The summed E-state index contributed by atoms with van der Waals surface area (Å²) in [6, 6.07) is 7.00. The summed E-state index contributed by atoms with van der Waals surface area (Å²) in [6.07, 6.45) is 1.69. The van der Waals surface area contributed by atoms with Gasteiger partial charge in [-0.05, 0) is 19.1 Å². The van der Waals surface area contributed by atoms with Crippen molar-refractivity contribution in [2.45, 2.75) is 13.0 Å². The highest BCUT2D eigenvalue weighted by Crippen LogP contribution is 2.31. The van der Waals surface area contributed by atoms with Gasteiger partial charge in [0.15, 0.2) is 0 Å². The van der Waals surface area contributed by atoms with Crippen molar-refractivity contribution in [2.24, 2.45) is 5.73 Å². The molecule has 0 saturated carbocycles. The summed E-state index contributed by atoms with van der Waals surface area (Å²) in [5.74, 6) is 0.226. The molecule has 1 heterocycles. The highest BCUT2D eigenvalue weighted by Gasteiger charge is 2.13. The monoisotopic (exact) mass is 203 g/mol. The fourth-order valence-corrected chi connectivity index (χ4v) is 1.54. The quantitative estimate of drug-likeness (QED) is 0.696. The van der Waals surface area contributed by atoms with Gasteiger partial charge in [0.25, 0.3) is 0 Å². The molecule has 2 aromatic rings. The molecule has 4 nitrogen and oxygen atoms in total. The maximum atomic E-state index is 9.70. The molecule has 0 saturated heterocycles. The Balaban J connectivity index is 2.55. The molecule has 0 aliphatic carbocycles. The molecule has 0 amide bonds. The number of phenols is 1. The van der Waals surface area contributed by atoms with Crippen LogP contribution in [0.25, 0.3) is 11.3 Å². The zero-order chi connectivity index (χ0) is 10.8. The van der Waals surface area contributed by atoms with Crippen molar-refractivity contribution in [2.75, 3.05) is 0 Å². The highest BCUT2D eigenvalue weighted by atomic mass is 16.3. The van der Waals surface area contributed by atoms with Gasteiger partial charge in [0.1, 0.15) is 5.75 Å². The van der Waals surface area contributed by atoms with E-state index in [0.717, 1.165) is 16.8 Å². The fourth-order valence-electron chi connectivity index (χ4n) is 1.54. The van der Waals surface area contributed by atoms with Crippen molar-refractivity contribution < 1.29 is 5.11 Å². The summed E-state index contributed by atoms with van der Waals surface area (Å²) in [7, 11) is 0. The molecule has 0 aliphatic heterocycles. The second-order valence-corrected chi connectivity index (χ2v) is 3.51. The number of aromatic amines is 1. The summed E-state index contributed by atoms with van der Waals surface area (Å²) in [6.45, 7) is 1.88. The lowest BCUT2D eigenvalue weighted by atomic mass is 10.0. The Kier molecular flexibility index (Phi) is 2.43. The lowest BCUT2D eigenvalue weighted by Gasteiger charge is -2.07. The van der Waals surface area contributed by atoms with Crippen molar-refractivity contribution >= 4 is 0 Å². The summed E-state index contributed by atoms with van der Waals surface area (Å²) >= 11 is 0. The molecule has 0 spiro atoms. The van der Waals surface area contributed by atoms with Gasteiger partial charge in [-0.2, -0.15) is 5.10 Å². The number of nitrogens with two attached hydrogens (primary N) is 1. The molecule has 0 bridgehead atoms. The lowest BCUT2D eigenvalue weighted by molar-refractivity contribution is 0.477. The van der Waals surface area contributed by atoms with Gasteiger partial charge in [0, 0.05) is 17.2 Å². The molecule has 1 aromatic carbocycles. The third-order valence-corrected chi connectivity index (χ3v) is 2.33. The summed E-state index contributed by atoms with van der Waals surface area (Å²) in [5, 5.41) is 16.5. The average molecular weight is 203 g/mol. The summed E-state index contributed by atoms with van der Waals surface area (Å²) in [4.78, 5) is 0. The van der Waals surface area contributed by atoms with E-state index < -0.39 is 0 Å². The second-order valence-electron chi connectivity index (χ2n) is 3.51. The highest BCUT2D eigenvalue weighted by molar-refractivity contribution is 5.69. The fraction of sp³-hybridized carbons (Fsp3) is 0.182. The Hall–Kier alpha value is -1.81.